The van der Waals surface area contributed by atoms with Crippen molar-refractivity contribution in [1.29, 1.82) is 0 Å². The number of pyridine rings is 1. The maximum atomic E-state index is 12.3. The molecule has 0 unspecified atom stereocenters. The zero-order valence-corrected chi connectivity index (χ0v) is 18.1. The summed E-state index contributed by atoms with van der Waals surface area (Å²) in [5.74, 6) is 1.33. The van der Waals surface area contributed by atoms with Gasteiger partial charge in [0.1, 0.15) is 12.4 Å². The van der Waals surface area contributed by atoms with Crippen molar-refractivity contribution in [3.63, 3.8) is 0 Å². The van der Waals surface area contributed by atoms with E-state index in [4.69, 9.17) is 9.47 Å². The highest BCUT2D eigenvalue weighted by atomic mass is 16.6. The van der Waals surface area contributed by atoms with Gasteiger partial charge in [0.25, 0.3) is 0 Å². The third-order valence-corrected chi connectivity index (χ3v) is 5.89. The summed E-state index contributed by atoms with van der Waals surface area (Å²) < 4.78 is 11.6. The summed E-state index contributed by atoms with van der Waals surface area (Å²) in [6.07, 6.45) is 5.66. The molecule has 1 amide bonds. The molecule has 1 aliphatic rings. The van der Waals surface area contributed by atoms with Gasteiger partial charge in [-0.1, -0.05) is 43.7 Å². The number of fused-ring (bicyclic) bond motifs is 1. The minimum atomic E-state index is -0.228. The van der Waals surface area contributed by atoms with E-state index in [0.717, 1.165) is 42.5 Å². The molecule has 1 aliphatic heterocycles. The molecule has 0 atom stereocenters. The quantitative estimate of drug-likeness (QED) is 0.500. The monoisotopic (exact) mass is 418 g/mol. The van der Waals surface area contributed by atoms with Gasteiger partial charge >= 0.3 is 6.09 Å². The number of hydrogen-bond donors (Lipinski definition) is 0. The van der Waals surface area contributed by atoms with Crippen molar-refractivity contribution in [2.75, 3.05) is 19.7 Å². The topological polar surface area (TPSA) is 51.7 Å². The molecule has 31 heavy (non-hydrogen) atoms. The van der Waals surface area contributed by atoms with Crippen LogP contribution in [0, 0.1) is 5.92 Å². The third-order valence-electron chi connectivity index (χ3n) is 5.89. The first-order chi connectivity index (χ1) is 15.2. The van der Waals surface area contributed by atoms with Crippen molar-refractivity contribution in [2.45, 2.75) is 39.2 Å². The Morgan fingerprint density at radius 1 is 1.10 bits per heavy atom. The lowest BCUT2D eigenvalue weighted by Gasteiger charge is -2.31. The normalized spacial score (nSPS) is 14.5. The summed E-state index contributed by atoms with van der Waals surface area (Å²) in [4.78, 5) is 18.6. The zero-order chi connectivity index (χ0) is 21.5. The Hall–Kier alpha value is -3.08. The van der Waals surface area contributed by atoms with Crippen LogP contribution in [0.3, 0.4) is 0 Å². The van der Waals surface area contributed by atoms with E-state index in [9.17, 15) is 4.79 Å². The smallest absolute Gasteiger partial charge is 0.410 e. The lowest BCUT2D eigenvalue weighted by molar-refractivity contribution is 0.0761. The van der Waals surface area contributed by atoms with Crippen molar-refractivity contribution in [1.82, 2.24) is 9.88 Å². The maximum absolute atomic E-state index is 12.3. The molecule has 0 N–H and O–H groups in total. The zero-order valence-electron chi connectivity index (χ0n) is 18.1. The van der Waals surface area contributed by atoms with Gasteiger partial charge in [-0.05, 0) is 60.6 Å². The molecule has 162 valence electrons. The number of ether oxygens (including phenoxy) is 2. The van der Waals surface area contributed by atoms with Crippen LogP contribution in [-0.4, -0.2) is 35.7 Å². The Kier molecular flexibility index (Phi) is 7.03. The SMILES string of the molecule is CCCc1ccnc2ccc(OCC3CCN(C(=O)OCc4ccccc4)CC3)cc12. The van der Waals surface area contributed by atoms with Gasteiger partial charge in [-0.15, -0.1) is 0 Å². The summed E-state index contributed by atoms with van der Waals surface area (Å²) in [7, 11) is 0. The van der Waals surface area contributed by atoms with Crippen LogP contribution in [0.2, 0.25) is 0 Å². The second-order valence-electron chi connectivity index (χ2n) is 8.18. The second kappa shape index (κ2) is 10.3. The fourth-order valence-corrected chi connectivity index (χ4v) is 4.07. The number of likely N-dealkylation sites (tertiary alicyclic amines) is 1. The molecular weight excluding hydrogens is 388 g/mol. The average Bonchev–Trinajstić information content (AvgIpc) is 2.82. The van der Waals surface area contributed by atoms with E-state index in [0.29, 0.717) is 32.2 Å². The summed E-state index contributed by atoms with van der Waals surface area (Å²) in [5.41, 5.74) is 3.34. The minimum absolute atomic E-state index is 0.228. The molecule has 5 nitrogen and oxygen atoms in total. The standard InChI is InChI=1S/C26H30N2O3/c1-2-6-22-11-14-27-25-10-9-23(17-24(22)25)30-18-21-12-15-28(16-13-21)26(29)31-19-20-7-4-3-5-8-20/h3-5,7-11,14,17,21H,2,6,12-13,15-16,18-19H2,1H3. The molecule has 4 rings (SSSR count). The van der Waals surface area contributed by atoms with Crippen LogP contribution in [0.1, 0.15) is 37.3 Å². The highest BCUT2D eigenvalue weighted by Gasteiger charge is 2.24. The van der Waals surface area contributed by atoms with Crippen LogP contribution < -0.4 is 4.74 Å². The number of carbonyl (C=O) groups is 1. The van der Waals surface area contributed by atoms with Crippen LogP contribution >= 0.6 is 0 Å². The number of amides is 1. The first kappa shape index (κ1) is 21.2. The first-order valence-corrected chi connectivity index (χ1v) is 11.2. The number of aromatic nitrogens is 1. The van der Waals surface area contributed by atoms with E-state index in [1.165, 1.54) is 10.9 Å². The fourth-order valence-electron chi connectivity index (χ4n) is 4.07. The van der Waals surface area contributed by atoms with Gasteiger partial charge in [0, 0.05) is 24.7 Å². The summed E-state index contributed by atoms with van der Waals surface area (Å²) in [6.45, 7) is 4.60. The molecule has 1 fully saturated rings. The molecule has 0 bridgehead atoms. The number of rotatable bonds is 7. The molecule has 0 saturated carbocycles. The minimum Gasteiger partial charge on any atom is -0.493 e. The number of nitrogens with zero attached hydrogens (tertiary/aromatic N) is 2. The average molecular weight is 419 g/mol. The van der Waals surface area contributed by atoms with E-state index < -0.39 is 0 Å². The Bertz CT molecular complexity index is 998. The summed E-state index contributed by atoms with van der Waals surface area (Å²) in [6, 6.07) is 18.0. The molecule has 0 aliphatic carbocycles. The van der Waals surface area contributed by atoms with Gasteiger partial charge in [0.2, 0.25) is 0 Å². The molecule has 0 radical (unpaired) electrons. The predicted molar refractivity (Wildman–Crippen MR) is 122 cm³/mol. The second-order valence-corrected chi connectivity index (χ2v) is 8.18. The summed E-state index contributed by atoms with van der Waals surface area (Å²) in [5, 5.41) is 1.18. The molecule has 1 aromatic heterocycles. The molecule has 2 aromatic carbocycles. The van der Waals surface area contributed by atoms with Crippen molar-refractivity contribution in [3.8, 4) is 5.75 Å². The van der Waals surface area contributed by atoms with Crippen LogP contribution in [0.5, 0.6) is 5.75 Å². The van der Waals surface area contributed by atoms with Gasteiger partial charge in [-0.3, -0.25) is 4.98 Å². The number of benzene rings is 2. The highest BCUT2D eigenvalue weighted by Crippen LogP contribution is 2.25. The molecule has 1 saturated heterocycles. The Labute approximate surface area is 184 Å². The third kappa shape index (κ3) is 5.54. The first-order valence-electron chi connectivity index (χ1n) is 11.2. The number of carbonyl (C=O) groups excluding carboxylic acids is 1. The van der Waals surface area contributed by atoms with E-state index in [1.807, 2.05) is 48.7 Å². The number of aryl methyl sites for hydroxylation is 1. The molecule has 5 heteroatoms. The van der Waals surface area contributed by atoms with Gasteiger partial charge in [-0.2, -0.15) is 0 Å². The van der Waals surface area contributed by atoms with Crippen LogP contribution in [-0.2, 0) is 17.8 Å². The summed E-state index contributed by atoms with van der Waals surface area (Å²) >= 11 is 0. The predicted octanol–water partition coefficient (Wildman–Crippen LogP) is 5.61. The molecule has 2 heterocycles. The van der Waals surface area contributed by atoms with Crippen molar-refractivity contribution >= 4 is 17.0 Å². The van der Waals surface area contributed by atoms with Crippen LogP contribution in [0.4, 0.5) is 4.79 Å². The molecule has 3 aromatic rings. The molecular formula is C26H30N2O3. The Balaban J connectivity index is 1.25. The van der Waals surface area contributed by atoms with E-state index in [1.54, 1.807) is 4.90 Å². The van der Waals surface area contributed by atoms with E-state index in [2.05, 4.69) is 24.0 Å². The lowest BCUT2D eigenvalue weighted by atomic mass is 9.98. The Morgan fingerprint density at radius 2 is 1.90 bits per heavy atom. The van der Waals surface area contributed by atoms with Crippen LogP contribution in [0.25, 0.3) is 10.9 Å². The van der Waals surface area contributed by atoms with Crippen LogP contribution in [0.15, 0.2) is 60.8 Å². The highest BCUT2D eigenvalue weighted by molar-refractivity contribution is 5.83. The van der Waals surface area contributed by atoms with Gasteiger partial charge in [-0.25, -0.2) is 4.79 Å². The van der Waals surface area contributed by atoms with Crippen molar-refractivity contribution in [3.05, 3.63) is 71.9 Å². The van der Waals surface area contributed by atoms with Crippen molar-refractivity contribution in [2.24, 2.45) is 5.92 Å². The number of piperidine rings is 1. The van der Waals surface area contributed by atoms with Gasteiger partial charge in [0.15, 0.2) is 0 Å². The van der Waals surface area contributed by atoms with Gasteiger partial charge in [0.05, 0.1) is 12.1 Å². The lowest BCUT2D eigenvalue weighted by Crippen LogP contribution is -2.39. The van der Waals surface area contributed by atoms with E-state index in [-0.39, 0.29) is 6.09 Å². The van der Waals surface area contributed by atoms with E-state index >= 15 is 0 Å². The molecule has 0 spiro atoms. The largest absolute Gasteiger partial charge is 0.493 e. The maximum Gasteiger partial charge on any atom is 0.410 e. The van der Waals surface area contributed by atoms with Gasteiger partial charge < -0.3 is 14.4 Å². The fraction of sp³-hybridized carbons (Fsp3) is 0.385. The number of hydrogen-bond acceptors (Lipinski definition) is 4. The van der Waals surface area contributed by atoms with Crippen molar-refractivity contribution < 1.29 is 14.3 Å². The Morgan fingerprint density at radius 3 is 2.68 bits per heavy atom.